The molecule has 40 heavy (non-hydrogen) atoms. The smallest absolute Gasteiger partial charge is 0.226 e. The molecule has 8 heteroatoms. The van der Waals surface area contributed by atoms with Gasteiger partial charge in [0.2, 0.25) is 11.8 Å². The number of nitrogens with one attached hydrogen (secondary N) is 1. The summed E-state index contributed by atoms with van der Waals surface area (Å²) in [5.41, 5.74) is 10.4. The van der Waals surface area contributed by atoms with Gasteiger partial charge in [-0.3, -0.25) is 14.6 Å². The molecular formula is C32H41ClN4O3. The van der Waals surface area contributed by atoms with E-state index in [0.29, 0.717) is 23.1 Å². The molecule has 0 aliphatic rings. The molecule has 0 spiro atoms. The van der Waals surface area contributed by atoms with E-state index in [9.17, 15) is 9.59 Å². The highest BCUT2D eigenvalue weighted by Gasteiger charge is 2.28. The largest absolute Gasteiger partial charge is 0.492 e. The second-order valence-corrected chi connectivity index (χ2v) is 11.9. The molecule has 1 heterocycles. The van der Waals surface area contributed by atoms with E-state index in [1.807, 2.05) is 77.3 Å². The molecule has 0 fully saturated rings. The fraction of sp³-hybridized carbons (Fsp3) is 0.406. The summed E-state index contributed by atoms with van der Waals surface area (Å²) in [7, 11) is 4.06. The van der Waals surface area contributed by atoms with Gasteiger partial charge in [0, 0.05) is 30.1 Å². The summed E-state index contributed by atoms with van der Waals surface area (Å²) >= 11 is 6.49. The molecule has 2 aromatic carbocycles. The Morgan fingerprint density at radius 2 is 1.80 bits per heavy atom. The normalized spacial score (nSPS) is 12.3. The molecule has 1 atom stereocenters. The number of pyridine rings is 1. The fourth-order valence-electron chi connectivity index (χ4n) is 4.42. The van der Waals surface area contributed by atoms with Gasteiger partial charge in [0.15, 0.2) is 0 Å². The molecule has 3 aromatic rings. The first-order chi connectivity index (χ1) is 18.8. The van der Waals surface area contributed by atoms with Gasteiger partial charge in [0.1, 0.15) is 5.75 Å². The number of aryl methyl sites for hydroxylation is 1. The number of rotatable bonds is 12. The number of hydrogen-bond acceptors (Lipinski definition) is 5. The minimum Gasteiger partial charge on any atom is -0.492 e. The van der Waals surface area contributed by atoms with Crippen molar-refractivity contribution in [2.75, 3.05) is 27.2 Å². The molecular weight excluding hydrogens is 524 g/mol. The molecule has 214 valence electrons. The lowest BCUT2D eigenvalue weighted by Crippen LogP contribution is -2.46. The average molecular weight is 565 g/mol. The quantitative estimate of drug-likeness (QED) is 0.277. The lowest BCUT2D eigenvalue weighted by Gasteiger charge is -2.30. The van der Waals surface area contributed by atoms with Crippen LogP contribution in [0.1, 0.15) is 44.9 Å². The van der Waals surface area contributed by atoms with Crippen LogP contribution in [0.5, 0.6) is 5.75 Å². The van der Waals surface area contributed by atoms with Crippen molar-refractivity contribution in [1.82, 2.24) is 15.2 Å². The number of amides is 2. The highest BCUT2D eigenvalue weighted by atomic mass is 35.5. The van der Waals surface area contributed by atoms with Crippen molar-refractivity contribution in [2.45, 2.75) is 53.0 Å². The minimum atomic E-state index is -0.453. The van der Waals surface area contributed by atoms with Crippen molar-refractivity contribution in [3.63, 3.8) is 0 Å². The predicted molar refractivity (Wildman–Crippen MR) is 162 cm³/mol. The number of carbonyl (C=O) groups is 2. The zero-order chi connectivity index (χ0) is 29.4. The maximum atomic E-state index is 13.1. The van der Waals surface area contributed by atoms with Crippen LogP contribution in [-0.2, 0) is 16.0 Å². The zero-order valence-electron chi connectivity index (χ0n) is 24.4. The first-order valence-corrected chi connectivity index (χ1v) is 13.9. The number of benzene rings is 2. The van der Waals surface area contributed by atoms with Crippen LogP contribution >= 0.6 is 11.6 Å². The Labute approximate surface area is 243 Å². The molecule has 0 bridgehead atoms. The van der Waals surface area contributed by atoms with Crippen molar-refractivity contribution >= 4 is 23.4 Å². The fourth-order valence-corrected chi connectivity index (χ4v) is 4.59. The second-order valence-electron chi connectivity index (χ2n) is 11.5. The number of ether oxygens (including phenoxy) is 1. The van der Waals surface area contributed by atoms with E-state index in [1.54, 1.807) is 0 Å². The van der Waals surface area contributed by atoms with Crippen molar-refractivity contribution in [2.24, 2.45) is 11.1 Å². The molecule has 0 aliphatic carbocycles. The molecule has 0 unspecified atom stereocenters. The average Bonchev–Trinajstić information content (AvgIpc) is 2.87. The van der Waals surface area contributed by atoms with Gasteiger partial charge >= 0.3 is 0 Å². The Morgan fingerprint density at radius 1 is 1.07 bits per heavy atom. The first kappa shape index (κ1) is 31.1. The summed E-state index contributed by atoms with van der Waals surface area (Å²) in [6.07, 6.45) is 1.01. The third-order valence-electron chi connectivity index (χ3n) is 6.73. The Morgan fingerprint density at radius 3 is 2.45 bits per heavy atom. The Balaban J connectivity index is 1.96. The summed E-state index contributed by atoms with van der Waals surface area (Å²) in [6, 6.07) is 17.3. The van der Waals surface area contributed by atoms with Crippen LogP contribution in [-0.4, -0.2) is 55.0 Å². The SMILES string of the molecule is Cc1ccccc1-c1ccc(CC(=O)N[C@@H](CC(N)=O)C(C)(C)C)nc1-c1ccc(Cl)c(OCCCN(C)C)c1. The summed E-state index contributed by atoms with van der Waals surface area (Å²) in [5, 5.41) is 3.52. The molecule has 0 aliphatic heterocycles. The van der Waals surface area contributed by atoms with Crippen molar-refractivity contribution in [1.29, 1.82) is 0 Å². The van der Waals surface area contributed by atoms with Gasteiger partial charge in [-0.2, -0.15) is 0 Å². The first-order valence-electron chi connectivity index (χ1n) is 13.6. The van der Waals surface area contributed by atoms with Crippen LogP contribution in [0.2, 0.25) is 5.02 Å². The van der Waals surface area contributed by atoms with Gasteiger partial charge in [-0.25, -0.2) is 0 Å². The predicted octanol–water partition coefficient (Wildman–Crippen LogP) is 5.66. The lowest BCUT2D eigenvalue weighted by atomic mass is 9.84. The van der Waals surface area contributed by atoms with E-state index in [4.69, 9.17) is 27.1 Å². The van der Waals surface area contributed by atoms with Crippen LogP contribution in [0.4, 0.5) is 0 Å². The molecule has 2 amide bonds. The molecule has 0 radical (unpaired) electrons. The highest BCUT2D eigenvalue weighted by molar-refractivity contribution is 6.32. The standard InChI is InChI=1S/C32H41ClN4O3/c1-21-10-7-8-11-24(21)25-14-13-23(19-30(39)36-28(20-29(34)38)32(2,3)4)35-31(25)22-12-15-26(33)27(18-22)40-17-9-16-37(5)6/h7-8,10-15,18,28H,9,16-17,19-20H2,1-6H3,(H2,34,38)(H,36,39)/t28-/m0/s1. The number of carbonyl (C=O) groups excluding carboxylic acids is 2. The van der Waals surface area contributed by atoms with Crippen molar-refractivity contribution < 1.29 is 14.3 Å². The maximum Gasteiger partial charge on any atom is 0.226 e. The molecule has 0 saturated heterocycles. The van der Waals surface area contributed by atoms with E-state index in [2.05, 4.69) is 29.3 Å². The topological polar surface area (TPSA) is 97.5 Å². The Kier molecular flexibility index (Phi) is 10.7. The Hall–Kier alpha value is -3.42. The number of hydrogen-bond donors (Lipinski definition) is 2. The van der Waals surface area contributed by atoms with Gasteiger partial charge < -0.3 is 20.7 Å². The molecule has 3 rings (SSSR count). The van der Waals surface area contributed by atoms with Crippen molar-refractivity contribution in [3.05, 3.63) is 70.9 Å². The second kappa shape index (κ2) is 13.8. The number of aromatic nitrogens is 1. The van der Waals surface area contributed by atoms with E-state index in [0.717, 1.165) is 40.9 Å². The number of primary amides is 1. The third-order valence-corrected chi connectivity index (χ3v) is 7.04. The van der Waals surface area contributed by atoms with Crippen LogP contribution in [0.25, 0.3) is 22.4 Å². The monoisotopic (exact) mass is 564 g/mol. The van der Waals surface area contributed by atoms with E-state index in [-0.39, 0.29) is 30.2 Å². The van der Waals surface area contributed by atoms with E-state index >= 15 is 0 Å². The van der Waals surface area contributed by atoms with Gasteiger partial charge in [-0.1, -0.05) is 68.8 Å². The van der Waals surface area contributed by atoms with Gasteiger partial charge in [0.25, 0.3) is 0 Å². The maximum absolute atomic E-state index is 13.1. The van der Waals surface area contributed by atoms with Gasteiger partial charge in [-0.05, 0) is 62.2 Å². The summed E-state index contributed by atoms with van der Waals surface area (Å²) < 4.78 is 6.03. The Bertz CT molecular complexity index is 1330. The molecule has 0 saturated carbocycles. The molecule has 3 N–H and O–H groups in total. The molecule has 7 nitrogen and oxygen atoms in total. The third kappa shape index (κ3) is 8.80. The van der Waals surface area contributed by atoms with Gasteiger partial charge in [-0.15, -0.1) is 0 Å². The zero-order valence-corrected chi connectivity index (χ0v) is 25.1. The highest BCUT2D eigenvalue weighted by Crippen LogP contribution is 2.36. The van der Waals surface area contributed by atoms with Gasteiger partial charge in [0.05, 0.1) is 29.4 Å². The summed E-state index contributed by atoms with van der Waals surface area (Å²) in [6.45, 7) is 9.42. The van der Waals surface area contributed by atoms with Crippen LogP contribution in [0.3, 0.4) is 0 Å². The van der Waals surface area contributed by atoms with Crippen LogP contribution in [0, 0.1) is 12.3 Å². The summed E-state index contributed by atoms with van der Waals surface area (Å²) in [5.74, 6) is -0.0759. The number of nitrogens with zero attached hydrogens (tertiary/aromatic N) is 2. The van der Waals surface area contributed by atoms with Crippen molar-refractivity contribution in [3.8, 4) is 28.1 Å². The number of nitrogens with two attached hydrogens (primary N) is 1. The van der Waals surface area contributed by atoms with Crippen LogP contribution in [0.15, 0.2) is 54.6 Å². The lowest BCUT2D eigenvalue weighted by molar-refractivity contribution is -0.123. The van der Waals surface area contributed by atoms with Crippen LogP contribution < -0.4 is 15.8 Å². The number of halogens is 1. The summed E-state index contributed by atoms with van der Waals surface area (Å²) in [4.78, 5) is 31.7. The van der Waals surface area contributed by atoms with E-state index in [1.165, 1.54) is 0 Å². The van der Waals surface area contributed by atoms with E-state index < -0.39 is 5.91 Å². The minimum absolute atomic E-state index is 0.0634. The molecule has 1 aromatic heterocycles.